The van der Waals surface area contributed by atoms with Crippen molar-refractivity contribution in [2.75, 3.05) is 46.2 Å². The number of phosphoric ester groups is 1. The first kappa shape index (κ1) is 18.1. The van der Waals surface area contributed by atoms with E-state index in [4.69, 9.17) is 35.9 Å². The molecule has 0 aliphatic carbocycles. The van der Waals surface area contributed by atoms with Crippen LogP contribution in [-0.4, -0.2) is 46.2 Å². The standard InChI is InChI=1S/C12H19O6P/c1-4-7-14-9-11-17-19(13,16-6-3)18-12-10-15-8-5-2/h1-2H,6-12H2,3H3. The quantitative estimate of drug-likeness (QED) is 0.308. The van der Waals surface area contributed by atoms with Gasteiger partial charge >= 0.3 is 7.82 Å². The van der Waals surface area contributed by atoms with Crippen LogP contribution in [0.25, 0.3) is 0 Å². The van der Waals surface area contributed by atoms with Gasteiger partial charge in [0.15, 0.2) is 0 Å². The summed E-state index contributed by atoms with van der Waals surface area (Å²) in [4.78, 5) is 0. The summed E-state index contributed by atoms with van der Waals surface area (Å²) in [6.07, 6.45) is 10.0. The highest BCUT2D eigenvalue weighted by Gasteiger charge is 2.25. The van der Waals surface area contributed by atoms with Gasteiger partial charge in [-0.25, -0.2) is 4.57 Å². The van der Waals surface area contributed by atoms with Gasteiger partial charge in [0, 0.05) is 0 Å². The molecule has 0 radical (unpaired) electrons. The maximum atomic E-state index is 12.0. The summed E-state index contributed by atoms with van der Waals surface area (Å²) in [5, 5.41) is 0. The predicted octanol–water partition coefficient (Wildman–Crippen LogP) is 1.46. The van der Waals surface area contributed by atoms with Crippen LogP contribution < -0.4 is 0 Å². The van der Waals surface area contributed by atoms with Crippen LogP contribution >= 0.6 is 7.82 Å². The molecular weight excluding hydrogens is 271 g/mol. The maximum Gasteiger partial charge on any atom is 0.474 e. The molecule has 0 unspecified atom stereocenters. The third-order valence-corrected chi connectivity index (χ3v) is 3.18. The third kappa shape index (κ3) is 10.7. The lowest BCUT2D eigenvalue weighted by Crippen LogP contribution is -2.09. The zero-order chi connectivity index (χ0) is 14.4. The monoisotopic (exact) mass is 290 g/mol. The molecule has 0 atom stereocenters. The summed E-state index contributed by atoms with van der Waals surface area (Å²) in [7, 11) is -3.58. The fourth-order valence-electron chi connectivity index (χ4n) is 0.948. The summed E-state index contributed by atoms with van der Waals surface area (Å²) in [6, 6.07) is 0. The van der Waals surface area contributed by atoms with Gasteiger partial charge in [0.1, 0.15) is 13.2 Å². The highest BCUT2D eigenvalue weighted by atomic mass is 31.2. The number of terminal acetylenes is 2. The van der Waals surface area contributed by atoms with E-state index in [1.807, 2.05) is 0 Å². The van der Waals surface area contributed by atoms with E-state index in [9.17, 15) is 4.57 Å². The first-order chi connectivity index (χ1) is 9.18. The minimum absolute atomic E-state index is 0.0597. The van der Waals surface area contributed by atoms with Crippen LogP contribution in [0.4, 0.5) is 0 Å². The van der Waals surface area contributed by atoms with Crippen molar-refractivity contribution in [3.8, 4) is 24.7 Å². The fourth-order valence-corrected chi connectivity index (χ4v) is 2.08. The predicted molar refractivity (Wildman–Crippen MR) is 70.4 cm³/mol. The molecule has 0 aromatic carbocycles. The Hall–Kier alpha value is -0.850. The van der Waals surface area contributed by atoms with Gasteiger partial charge in [-0.1, -0.05) is 11.8 Å². The number of ether oxygens (including phenoxy) is 2. The van der Waals surface area contributed by atoms with Crippen molar-refractivity contribution in [3.63, 3.8) is 0 Å². The first-order valence-corrected chi connectivity index (χ1v) is 7.20. The zero-order valence-corrected chi connectivity index (χ0v) is 11.9. The fraction of sp³-hybridized carbons (Fsp3) is 0.667. The van der Waals surface area contributed by atoms with Crippen molar-refractivity contribution in [2.24, 2.45) is 0 Å². The Morgan fingerprint density at radius 1 is 0.895 bits per heavy atom. The molecule has 0 heterocycles. The molecule has 6 nitrogen and oxygen atoms in total. The second-order valence-electron chi connectivity index (χ2n) is 3.04. The van der Waals surface area contributed by atoms with Gasteiger partial charge in [0.2, 0.25) is 0 Å². The molecule has 0 fully saturated rings. The molecule has 0 aromatic heterocycles. The normalized spacial score (nSPS) is 10.9. The highest BCUT2D eigenvalue weighted by molar-refractivity contribution is 7.48. The molecule has 0 spiro atoms. The van der Waals surface area contributed by atoms with E-state index in [1.54, 1.807) is 6.92 Å². The third-order valence-electron chi connectivity index (χ3n) is 1.61. The molecule has 0 aromatic rings. The molecule has 0 amide bonds. The van der Waals surface area contributed by atoms with E-state index in [1.165, 1.54) is 0 Å². The number of rotatable bonds is 12. The largest absolute Gasteiger partial charge is 0.474 e. The average Bonchev–Trinajstić information content (AvgIpc) is 2.39. The van der Waals surface area contributed by atoms with E-state index < -0.39 is 7.82 Å². The molecule has 0 aliphatic heterocycles. The van der Waals surface area contributed by atoms with Crippen LogP contribution in [0.2, 0.25) is 0 Å². The molecule has 0 saturated heterocycles. The summed E-state index contributed by atoms with van der Waals surface area (Å²) >= 11 is 0. The Morgan fingerprint density at radius 3 is 1.74 bits per heavy atom. The smallest absolute Gasteiger partial charge is 0.366 e. The van der Waals surface area contributed by atoms with E-state index >= 15 is 0 Å². The lowest BCUT2D eigenvalue weighted by atomic mass is 10.7. The minimum atomic E-state index is -3.58. The average molecular weight is 290 g/mol. The van der Waals surface area contributed by atoms with E-state index in [0.29, 0.717) is 0 Å². The second kappa shape index (κ2) is 12.2. The van der Waals surface area contributed by atoms with Gasteiger partial charge in [0.05, 0.1) is 33.0 Å². The Balaban J connectivity index is 3.88. The van der Waals surface area contributed by atoms with Crippen LogP contribution in [0.15, 0.2) is 0 Å². The molecular formula is C12H19O6P. The van der Waals surface area contributed by atoms with Crippen molar-refractivity contribution >= 4 is 7.82 Å². The molecule has 0 bridgehead atoms. The van der Waals surface area contributed by atoms with Crippen LogP contribution in [0.3, 0.4) is 0 Å². The Kier molecular flexibility index (Phi) is 11.7. The SMILES string of the molecule is C#CCOCCOP(=O)(OCC)OCCOCC#C. The van der Waals surface area contributed by atoms with Crippen molar-refractivity contribution in [1.29, 1.82) is 0 Å². The summed E-state index contributed by atoms with van der Waals surface area (Å²) in [6.45, 7) is 2.76. The van der Waals surface area contributed by atoms with Crippen molar-refractivity contribution < 1.29 is 27.6 Å². The molecule has 0 rings (SSSR count). The molecule has 0 N–H and O–H groups in total. The van der Waals surface area contributed by atoms with Gasteiger partial charge in [-0.3, -0.25) is 13.6 Å². The van der Waals surface area contributed by atoms with E-state index in [2.05, 4.69) is 11.8 Å². The lowest BCUT2D eigenvalue weighted by molar-refractivity contribution is 0.0593. The van der Waals surface area contributed by atoms with Crippen molar-refractivity contribution in [1.82, 2.24) is 0 Å². The molecule has 0 saturated carbocycles. The van der Waals surface area contributed by atoms with Gasteiger partial charge in [0.25, 0.3) is 0 Å². The van der Waals surface area contributed by atoms with Crippen LogP contribution in [0.5, 0.6) is 0 Å². The number of hydrogen-bond donors (Lipinski definition) is 0. The van der Waals surface area contributed by atoms with Gasteiger partial charge in [-0.2, -0.15) is 0 Å². The highest BCUT2D eigenvalue weighted by Crippen LogP contribution is 2.48. The molecule has 7 heteroatoms. The lowest BCUT2D eigenvalue weighted by Gasteiger charge is -2.17. The Morgan fingerprint density at radius 2 is 1.37 bits per heavy atom. The van der Waals surface area contributed by atoms with Crippen molar-refractivity contribution in [3.05, 3.63) is 0 Å². The molecule has 0 aliphatic rings. The van der Waals surface area contributed by atoms with Crippen LogP contribution in [-0.2, 0) is 27.6 Å². The van der Waals surface area contributed by atoms with Crippen LogP contribution in [0.1, 0.15) is 6.92 Å². The summed E-state index contributed by atoms with van der Waals surface area (Å²) in [5.74, 6) is 4.60. The van der Waals surface area contributed by atoms with E-state index in [0.717, 1.165) is 0 Å². The maximum absolute atomic E-state index is 12.0. The van der Waals surface area contributed by atoms with Gasteiger partial charge < -0.3 is 9.47 Å². The Labute approximate surface area is 114 Å². The Bertz CT molecular complexity index is 315. The topological polar surface area (TPSA) is 63.2 Å². The summed E-state index contributed by atoms with van der Waals surface area (Å²) in [5.41, 5.74) is 0. The number of hydrogen-bond acceptors (Lipinski definition) is 6. The summed E-state index contributed by atoms with van der Waals surface area (Å²) < 4.78 is 37.0. The van der Waals surface area contributed by atoms with E-state index in [-0.39, 0.29) is 46.2 Å². The van der Waals surface area contributed by atoms with Gasteiger partial charge in [-0.15, -0.1) is 12.8 Å². The zero-order valence-electron chi connectivity index (χ0n) is 11.0. The second-order valence-corrected chi connectivity index (χ2v) is 4.71. The first-order valence-electron chi connectivity index (χ1n) is 5.74. The molecule has 108 valence electrons. The van der Waals surface area contributed by atoms with Gasteiger partial charge in [-0.05, 0) is 6.92 Å². The number of phosphoric acid groups is 1. The molecule has 19 heavy (non-hydrogen) atoms. The van der Waals surface area contributed by atoms with Crippen molar-refractivity contribution in [2.45, 2.75) is 6.92 Å². The van der Waals surface area contributed by atoms with Crippen LogP contribution in [0, 0.1) is 24.7 Å². The minimum Gasteiger partial charge on any atom is -0.366 e.